The molecular formula is C29H25I5O6. The minimum absolute atomic E-state index is 0.176. The maximum absolute atomic E-state index is 11.3. The molecule has 0 saturated carbocycles. The van der Waals surface area contributed by atoms with Crippen LogP contribution in [0.4, 0.5) is 0 Å². The predicted octanol–water partition coefficient (Wildman–Crippen LogP) is 9.40. The van der Waals surface area contributed by atoms with Gasteiger partial charge in [-0.3, -0.25) is 0 Å². The Labute approximate surface area is 302 Å². The van der Waals surface area contributed by atoms with Crippen LogP contribution in [0.2, 0.25) is 0 Å². The fourth-order valence-electron chi connectivity index (χ4n) is 2.37. The van der Waals surface area contributed by atoms with E-state index >= 15 is 0 Å². The summed E-state index contributed by atoms with van der Waals surface area (Å²) in [6.07, 6.45) is 1.84. The molecule has 0 radical (unpaired) electrons. The number of phenols is 1. The van der Waals surface area contributed by atoms with E-state index in [0.717, 1.165) is 12.9 Å². The van der Waals surface area contributed by atoms with E-state index in [4.69, 9.17) is 14.2 Å². The Morgan fingerprint density at radius 3 is 1.73 bits per heavy atom. The molecule has 3 aromatic rings. The highest BCUT2D eigenvalue weighted by molar-refractivity contribution is 14.1. The van der Waals surface area contributed by atoms with Gasteiger partial charge in [0.1, 0.15) is 23.0 Å². The molecule has 6 nitrogen and oxygen atoms in total. The molecule has 0 unspecified atom stereocenters. The van der Waals surface area contributed by atoms with E-state index in [2.05, 4.69) is 112 Å². The van der Waals surface area contributed by atoms with Crippen LogP contribution >= 0.6 is 113 Å². The molecule has 0 aliphatic carbocycles. The van der Waals surface area contributed by atoms with Crippen molar-refractivity contribution in [2.24, 2.45) is 0 Å². The smallest absolute Gasteiger partial charge is 0.338 e. The lowest BCUT2D eigenvalue weighted by Gasteiger charge is -2.09. The topological polar surface area (TPSA) is 82.1 Å². The second-order valence-corrected chi connectivity index (χ2v) is 13.6. The number of methoxy groups -OCH3 is 1. The summed E-state index contributed by atoms with van der Waals surface area (Å²) in [6.45, 7) is 13.9. The number of ether oxygens (including phenoxy) is 3. The number of hydrogen-bond donors (Lipinski definition) is 1. The quantitative estimate of drug-likeness (QED) is 0.115. The van der Waals surface area contributed by atoms with Gasteiger partial charge < -0.3 is 19.3 Å². The first-order chi connectivity index (χ1) is 18.7. The molecular weight excluding hydrogens is 1080 g/mol. The third-order valence-electron chi connectivity index (χ3n) is 4.39. The SMILES string of the molecule is C=C(C)C(=O)Oc1cc(I)c(O)cc1I.C=C(C)C(=O)Oc1cc(I)c(OC)c(I)c1.C=Cc1ccc(I)cc1. The van der Waals surface area contributed by atoms with Crippen LogP contribution in [0.5, 0.6) is 23.0 Å². The fraction of sp³-hybridized carbons (Fsp3) is 0.103. The van der Waals surface area contributed by atoms with Gasteiger partial charge in [-0.15, -0.1) is 0 Å². The minimum atomic E-state index is -0.464. The number of hydrogen-bond acceptors (Lipinski definition) is 6. The second-order valence-electron chi connectivity index (χ2n) is 7.75. The van der Waals surface area contributed by atoms with Gasteiger partial charge in [-0.1, -0.05) is 37.9 Å². The van der Waals surface area contributed by atoms with Gasteiger partial charge in [-0.2, -0.15) is 0 Å². The Morgan fingerprint density at radius 2 is 1.27 bits per heavy atom. The van der Waals surface area contributed by atoms with Gasteiger partial charge >= 0.3 is 11.9 Å². The Balaban J connectivity index is 0.000000311. The van der Waals surface area contributed by atoms with Crippen LogP contribution in [-0.2, 0) is 9.59 Å². The van der Waals surface area contributed by atoms with E-state index in [0.29, 0.717) is 29.8 Å². The maximum atomic E-state index is 11.3. The Bertz CT molecular complexity index is 1380. The van der Waals surface area contributed by atoms with Crippen molar-refractivity contribution in [2.45, 2.75) is 13.8 Å². The van der Waals surface area contributed by atoms with Crippen LogP contribution in [0, 0.1) is 17.9 Å². The summed E-state index contributed by atoms with van der Waals surface area (Å²) in [5, 5.41) is 9.40. The largest absolute Gasteiger partial charge is 0.507 e. The summed E-state index contributed by atoms with van der Waals surface area (Å²) in [4.78, 5) is 22.6. The third kappa shape index (κ3) is 12.9. The zero-order valence-electron chi connectivity index (χ0n) is 21.7. The number of carbonyl (C=O) groups excluding carboxylic acids is 2. The molecule has 1 N–H and O–H groups in total. The summed E-state index contributed by atoms with van der Waals surface area (Å²) < 4.78 is 19.8. The predicted molar refractivity (Wildman–Crippen MR) is 202 cm³/mol. The Kier molecular flexibility index (Phi) is 17.2. The fourth-order valence-corrected chi connectivity index (χ4v) is 5.88. The van der Waals surface area contributed by atoms with Gasteiger partial charge in [-0.25, -0.2) is 9.59 Å². The van der Waals surface area contributed by atoms with Gasteiger partial charge in [0.15, 0.2) is 0 Å². The highest BCUT2D eigenvalue weighted by atomic mass is 127. The van der Waals surface area contributed by atoms with Crippen molar-refractivity contribution in [1.29, 1.82) is 0 Å². The van der Waals surface area contributed by atoms with Crippen molar-refractivity contribution in [2.75, 3.05) is 7.11 Å². The first-order valence-corrected chi connectivity index (χ1v) is 16.4. The first-order valence-electron chi connectivity index (χ1n) is 11.0. The summed E-state index contributed by atoms with van der Waals surface area (Å²) in [5.41, 5.74) is 1.89. The molecule has 0 spiro atoms. The van der Waals surface area contributed by atoms with E-state index in [-0.39, 0.29) is 5.75 Å². The summed E-state index contributed by atoms with van der Waals surface area (Å²) in [6, 6.07) is 14.9. The highest BCUT2D eigenvalue weighted by Gasteiger charge is 2.12. The van der Waals surface area contributed by atoms with Crippen molar-refractivity contribution < 1.29 is 28.9 Å². The van der Waals surface area contributed by atoms with Crippen LogP contribution < -0.4 is 14.2 Å². The van der Waals surface area contributed by atoms with Crippen LogP contribution in [-0.4, -0.2) is 24.2 Å². The lowest BCUT2D eigenvalue weighted by Crippen LogP contribution is -2.09. The molecule has 3 rings (SSSR count). The lowest BCUT2D eigenvalue weighted by atomic mass is 10.2. The molecule has 0 bridgehead atoms. The molecule has 0 aliphatic rings. The zero-order chi connectivity index (χ0) is 30.6. The summed E-state index contributed by atoms with van der Waals surface area (Å²) in [5.74, 6) is 1.02. The van der Waals surface area contributed by atoms with Crippen LogP contribution in [0.15, 0.2) is 79.4 Å². The monoisotopic (exact) mass is 1100 g/mol. The van der Waals surface area contributed by atoms with E-state index in [9.17, 15) is 14.7 Å². The molecule has 0 aliphatic heterocycles. The summed E-state index contributed by atoms with van der Waals surface area (Å²) >= 11 is 10.5. The Morgan fingerprint density at radius 1 is 0.775 bits per heavy atom. The van der Waals surface area contributed by atoms with Gasteiger partial charge in [0.2, 0.25) is 0 Å². The van der Waals surface area contributed by atoms with Crippen molar-refractivity contribution in [1.82, 2.24) is 0 Å². The van der Waals surface area contributed by atoms with Gasteiger partial charge in [0.25, 0.3) is 0 Å². The maximum Gasteiger partial charge on any atom is 0.338 e. The van der Waals surface area contributed by atoms with Crippen molar-refractivity contribution >= 4 is 131 Å². The minimum Gasteiger partial charge on any atom is -0.507 e. The molecule has 0 heterocycles. The van der Waals surface area contributed by atoms with Crippen LogP contribution in [0.3, 0.4) is 0 Å². The number of aromatic hydroxyl groups is 1. The number of phenolic OH excluding ortho intramolecular Hbond substituents is 1. The lowest BCUT2D eigenvalue weighted by molar-refractivity contribution is -0.131. The first kappa shape index (κ1) is 37.1. The van der Waals surface area contributed by atoms with Gasteiger partial charge in [0, 0.05) is 14.7 Å². The average Bonchev–Trinajstić information content (AvgIpc) is 2.88. The highest BCUT2D eigenvalue weighted by Crippen LogP contribution is 2.32. The van der Waals surface area contributed by atoms with E-state index < -0.39 is 11.9 Å². The number of halogens is 5. The van der Waals surface area contributed by atoms with E-state index in [1.54, 1.807) is 45.2 Å². The molecule has 0 fully saturated rings. The van der Waals surface area contributed by atoms with Gasteiger partial charge in [-0.05, 0) is 169 Å². The van der Waals surface area contributed by atoms with Gasteiger partial charge in [0.05, 0.1) is 21.4 Å². The number of benzene rings is 3. The molecule has 40 heavy (non-hydrogen) atoms. The standard InChI is InChI=1S/C11H10I2O3.C10H8I2O3.C8H7I/c1-6(2)11(14)16-7-4-8(12)10(15-3)9(13)5-7;1-5(2)10(14)15-9-4-6(11)8(13)3-7(9)12;1-2-7-3-5-8(9)6-4-7/h4-5H,1H2,2-3H3;3-4,13H,1H2,2H3;2-6H,1H2. The van der Waals surface area contributed by atoms with Crippen molar-refractivity contribution in [3.05, 3.63) is 103 Å². The Hall–Kier alpha value is -0.930. The van der Waals surface area contributed by atoms with Crippen molar-refractivity contribution in [3.63, 3.8) is 0 Å². The molecule has 212 valence electrons. The van der Waals surface area contributed by atoms with Crippen LogP contribution in [0.25, 0.3) is 6.08 Å². The molecule has 0 amide bonds. The number of carbonyl (C=O) groups is 2. The summed E-state index contributed by atoms with van der Waals surface area (Å²) in [7, 11) is 1.61. The number of esters is 2. The average molecular weight is 1100 g/mol. The normalized spacial score (nSPS) is 9.60. The van der Waals surface area contributed by atoms with E-state index in [1.165, 1.54) is 9.13 Å². The van der Waals surface area contributed by atoms with Crippen molar-refractivity contribution in [3.8, 4) is 23.0 Å². The number of rotatable bonds is 6. The molecule has 0 saturated heterocycles. The van der Waals surface area contributed by atoms with Crippen LogP contribution in [0.1, 0.15) is 19.4 Å². The second kappa shape index (κ2) is 18.6. The van der Waals surface area contributed by atoms with E-state index in [1.807, 2.05) is 51.3 Å². The molecule has 0 atom stereocenters. The molecule has 3 aromatic carbocycles. The molecule has 11 heteroatoms. The third-order valence-corrected chi connectivity index (χ3v) is 8.42. The molecule has 0 aromatic heterocycles. The zero-order valence-corrected chi connectivity index (χ0v) is 32.5.